The number of aromatic nitrogens is 1. The van der Waals surface area contributed by atoms with Crippen molar-refractivity contribution >= 4 is 28.3 Å². The second-order valence-corrected chi connectivity index (χ2v) is 6.70. The van der Waals surface area contributed by atoms with E-state index in [9.17, 15) is 9.59 Å². The van der Waals surface area contributed by atoms with Crippen LogP contribution >= 0.6 is 11.3 Å². The Hall–Kier alpha value is -1.63. The molecule has 116 valence electrons. The Balaban J connectivity index is 1.72. The summed E-state index contributed by atoms with van der Waals surface area (Å²) in [6, 6.07) is 0.408. The second kappa shape index (κ2) is 6.43. The molecule has 21 heavy (non-hydrogen) atoms. The van der Waals surface area contributed by atoms with Gasteiger partial charge in [0.15, 0.2) is 5.13 Å². The molecular formula is C14H21N3O3S. The van der Waals surface area contributed by atoms with Gasteiger partial charge in [0, 0.05) is 24.4 Å². The van der Waals surface area contributed by atoms with Gasteiger partial charge in [-0.3, -0.25) is 9.59 Å². The molecule has 0 saturated heterocycles. The van der Waals surface area contributed by atoms with Gasteiger partial charge in [-0.2, -0.15) is 0 Å². The number of thiazole rings is 1. The number of carboxylic acid groups (broad SMARTS) is 1. The second-order valence-electron chi connectivity index (χ2n) is 5.84. The summed E-state index contributed by atoms with van der Waals surface area (Å²) in [4.78, 5) is 27.0. The molecular weight excluding hydrogens is 290 g/mol. The lowest BCUT2D eigenvalue weighted by atomic mass is 9.90. The molecule has 1 amide bonds. The minimum Gasteiger partial charge on any atom is -0.481 e. The summed E-state index contributed by atoms with van der Waals surface area (Å²) < 4.78 is 0. The Morgan fingerprint density at radius 2 is 2.19 bits per heavy atom. The van der Waals surface area contributed by atoms with Gasteiger partial charge in [0.25, 0.3) is 0 Å². The van der Waals surface area contributed by atoms with E-state index in [1.807, 2.05) is 0 Å². The molecule has 1 aliphatic carbocycles. The van der Waals surface area contributed by atoms with E-state index in [0.717, 1.165) is 19.3 Å². The van der Waals surface area contributed by atoms with Crippen LogP contribution in [-0.2, 0) is 15.0 Å². The lowest BCUT2D eigenvalue weighted by Gasteiger charge is -2.15. The Morgan fingerprint density at radius 3 is 2.81 bits per heavy atom. The van der Waals surface area contributed by atoms with Gasteiger partial charge < -0.3 is 15.7 Å². The van der Waals surface area contributed by atoms with Crippen molar-refractivity contribution in [3.05, 3.63) is 11.1 Å². The number of carbonyl (C=O) groups is 2. The fourth-order valence-electron chi connectivity index (χ4n) is 1.72. The number of amides is 1. The molecule has 0 bridgehead atoms. The zero-order valence-corrected chi connectivity index (χ0v) is 13.1. The standard InChI is InChI=1S/C14H21N3O3S/c1-14(2,12(19)20)10-8-21-13(17-10)15-7-3-4-11(18)16-9-5-6-9/h8-9H,3-7H2,1-2H3,(H,15,17)(H,16,18)(H,19,20). The predicted molar refractivity (Wildman–Crippen MR) is 81.7 cm³/mol. The van der Waals surface area contributed by atoms with Gasteiger partial charge >= 0.3 is 5.97 Å². The highest BCUT2D eigenvalue weighted by Gasteiger charge is 2.32. The van der Waals surface area contributed by atoms with E-state index in [0.29, 0.717) is 29.8 Å². The SMILES string of the molecule is CC(C)(C(=O)O)c1csc(NCCCC(=O)NC2CC2)n1. The molecule has 1 aromatic rings. The zero-order chi connectivity index (χ0) is 15.5. The summed E-state index contributed by atoms with van der Waals surface area (Å²) in [5.74, 6) is -0.790. The van der Waals surface area contributed by atoms with Crippen LogP contribution in [0.5, 0.6) is 0 Å². The van der Waals surface area contributed by atoms with Gasteiger partial charge in [-0.05, 0) is 33.1 Å². The van der Waals surface area contributed by atoms with E-state index < -0.39 is 11.4 Å². The number of aliphatic carboxylic acids is 1. The van der Waals surface area contributed by atoms with Gasteiger partial charge in [0.05, 0.1) is 5.69 Å². The lowest BCUT2D eigenvalue weighted by molar-refractivity contribution is -0.142. The molecule has 7 heteroatoms. The van der Waals surface area contributed by atoms with Crippen molar-refractivity contribution in [2.24, 2.45) is 0 Å². The third-order valence-corrected chi connectivity index (χ3v) is 4.28. The summed E-state index contributed by atoms with van der Waals surface area (Å²) in [5.41, 5.74) is -0.436. The molecule has 1 fully saturated rings. The third-order valence-electron chi connectivity index (χ3n) is 3.48. The molecule has 3 N–H and O–H groups in total. The smallest absolute Gasteiger partial charge is 0.315 e. The lowest BCUT2D eigenvalue weighted by Crippen LogP contribution is -2.28. The summed E-state index contributed by atoms with van der Waals surface area (Å²) in [6.07, 6.45) is 3.44. The topological polar surface area (TPSA) is 91.3 Å². The maximum absolute atomic E-state index is 11.5. The van der Waals surface area contributed by atoms with Crippen molar-refractivity contribution in [2.45, 2.75) is 51.0 Å². The molecule has 2 rings (SSSR count). The van der Waals surface area contributed by atoms with Crippen LogP contribution < -0.4 is 10.6 Å². The van der Waals surface area contributed by atoms with Crippen LogP contribution in [0, 0.1) is 0 Å². The summed E-state index contributed by atoms with van der Waals surface area (Å²) in [5, 5.41) is 17.7. The Bertz CT molecular complexity index is 523. The van der Waals surface area contributed by atoms with Crippen molar-refractivity contribution in [2.75, 3.05) is 11.9 Å². The number of rotatable bonds is 8. The highest BCUT2D eigenvalue weighted by Crippen LogP contribution is 2.27. The molecule has 1 aliphatic rings. The summed E-state index contributed by atoms with van der Waals surface area (Å²) in [6.45, 7) is 3.92. The van der Waals surface area contributed by atoms with E-state index >= 15 is 0 Å². The van der Waals surface area contributed by atoms with Crippen LogP contribution in [0.4, 0.5) is 5.13 Å². The van der Waals surface area contributed by atoms with E-state index in [4.69, 9.17) is 5.11 Å². The minimum atomic E-state index is -0.986. The minimum absolute atomic E-state index is 0.103. The van der Waals surface area contributed by atoms with Gasteiger partial charge in [0.2, 0.25) is 5.91 Å². The first kappa shape index (κ1) is 15.8. The molecule has 0 unspecified atom stereocenters. The fraction of sp³-hybridized carbons (Fsp3) is 0.643. The zero-order valence-electron chi connectivity index (χ0n) is 12.3. The molecule has 6 nitrogen and oxygen atoms in total. The fourth-order valence-corrected chi connectivity index (χ4v) is 2.63. The number of nitrogens with one attached hydrogen (secondary N) is 2. The number of nitrogens with zero attached hydrogens (tertiary/aromatic N) is 1. The summed E-state index contributed by atoms with van der Waals surface area (Å²) in [7, 11) is 0. The number of anilines is 1. The highest BCUT2D eigenvalue weighted by atomic mass is 32.1. The Morgan fingerprint density at radius 1 is 1.48 bits per heavy atom. The third kappa shape index (κ3) is 4.42. The molecule has 0 aliphatic heterocycles. The first-order valence-electron chi connectivity index (χ1n) is 7.12. The molecule has 1 saturated carbocycles. The van der Waals surface area contributed by atoms with Crippen LogP contribution in [-0.4, -0.2) is 34.6 Å². The van der Waals surface area contributed by atoms with Crippen molar-refractivity contribution in [1.82, 2.24) is 10.3 Å². The maximum Gasteiger partial charge on any atom is 0.315 e. The molecule has 0 aromatic carbocycles. The average molecular weight is 311 g/mol. The quantitative estimate of drug-likeness (QED) is 0.639. The van der Waals surface area contributed by atoms with Crippen LogP contribution in [0.3, 0.4) is 0 Å². The van der Waals surface area contributed by atoms with E-state index in [1.165, 1.54) is 11.3 Å². The number of hydrogen-bond acceptors (Lipinski definition) is 5. The largest absolute Gasteiger partial charge is 0.481 e. The van der Waals surface area contributed by atoms with Crippen molar-refractivity contribution < 1.29 is 14.7 Å². The maximum atomic E-state index is 11.5. The van der Waals surface area contributed by atoms with Gasteiger partial charge in [-0.15, -0.1) is 11.3 Å². The highest BCUT2D eigenvalue weighted by molar-refractivity contribution is 7.13. The number of carboxylic acids is 1. The Labute approximate surface area is 128 Å². The predicted octanol–water partition coefficient (Wildman–Crippen LogP) is 1.98. The van der Waals surface area contributed by atoms with Gasteiger partial charge in [-0.25, -0.2) is 4.98 Å². The van der Waals surface area contributed by atoms with E-state index in [1.54, 1.807) is 19.2 Å². The molecule has 0 radical (unpaired) electrons. The van der Waals surface area contributed by atoms with E-state index in [2.05, 4.69) is 15.6 Å². The van der Waals surface area contributed by atoms with Crippen LogP contribution in [0.2, 0.25) is 0 Å². The monoisotopic (exact) mass is 311 g/mol. The van der Waals surface area contributed by atoms with Crippen LogP contribution in [0.25, 0.3) is 0 Å². The first-order chi connectivity index (χ1) is 9.89. The van der Waals surface area contributed by atoms with Gasteiger partial charge in [0.1, 0.15) is 5.41 Å². The van der Waals surface area contributed by atoms with Crippen molar-refractivity contribution in [3.8, 4) is 0 Å². The average Bonchev–Trinajstić information content (AvgIpc) is 3.08. The van der Waals surface area contributed by atoms with Gasteiger partial charge in [-0.1, -0.05) is 0 Å². The first-order valence-corrected chi connectivity index (χ1v) is 8.00. The van der Waals surface area contributed by atoms with Crippen LogP contribution in [0.1, 0.15) is 45.2 Å². The molecule has 0 atom stereocenters. The molecule has 1 heterocycles. The number of hydrogen-bond donors (Lipinski definition) is 3. The summed E-state index contributed by atoms with van der Waals surface area (Å²) >= 11 is 1.39. The van der Waals surface area contributed by atoms with Crippen LogP contribution in [0.15, 0.2) is 5.38 Å². The normalized spacial score (nSPS) is 14.8. The number of carbonyl (C=O) groups excluding carboxylic acids is 1. The molecule has 1 aromatic heterocycles. The van der Waals surface area contributed by atoms with Crippen molar-refractivity contribution in [3.63, 3.8) is 0 Å². The Kier molecular flexibility index (Phi) is 4.82. The van der Waals surface area contributed by atoms with Crippen molar-refractivity contribution in [1.29, 1.82) is 0 Å². The molecule has 0 spiro atoms. The van der Waals surface area contributed by atoms with E-state index in [-0.39, 0.29) is 5.91 Å².